The van der Waals surface area contributed by atoms with Crippen LogP contribution in [0.5, 0.6) is 5.75 Å². The van der Waals surface area contributed by atoms with E-state index in [-0.39, 0.29) is 10.9 Å². The normalized spacial score (nSPS) is 10.9. The molecule has 0 spiro atoms. The fourth-order valence-electron chi connectivity index (χ4n) is 1.24. The van der Waals surface area contributed by atoms with E-state index in [0.29, 0.717) is 12.1 Å². The van der Waals surface area contributed by atoms with Crippen molar-refractivity contribution in [3.8, 4) is 5.75 Å². The van der Waals surface area contributed by atoms with Gasteiger partial charge in [0.1, 0.15) is 0 Å². The highest BCUT2D eigenvalue weighted by molar-refractivity contribution is 5.80. The Balaban J connectivity index is 3.00. The van der Waals surface area contributed by atoms with Crippen molar-refractivity contribution in [2.45, 2.75) is 0 Å². The van der Waals surface area contributed by atoms with Crippen LogP contribution in [0.15, 0.2) is 16.9 Å². The van der Waals surface area contributed by atoms with Gasteiger partial charge in [0.15, 0.2) is 17.5 Å². The number of aromatic nitrogens is 1. The zero-order valence-corrected chi connectivity index (χ0v) is 7.14. The summed E-state index contributed by atoms with van der Waals surface area (Å²) in [6.07, 6.45) is 0. The van der Waals surface area contributed by atoms with Crippen LogP contribution in [0, 0.1) is 17.5 Å². The lowest BCUT2D eigenvalue weighted by molar-refractivity contribution is 0.427. The summed E-state index contributed by atoms with van der Waals surface area (Å²) < 4.78 is 38.7. The highest BCUT2D eigenvalue weighted by Crippen LogP contribution is 2.22. The maximum Gasteiger partial charge on any atom is 0.293 e. The predicted octanol–water partition coefficient (Wildman–Crippen LogP) is 1.65. The monoisotopic (exact) mass is 215 g/mol. The van der Waals surface area contributed by atoms with Gasteiger partial charge in [0, 0.05) is 11.5 Å². The van der Waals surface area contributed by atoms with E-state index in [4.69, 9.17) is 5.11 Å². The molecular formula is C9H4F3NO2. The molecule has 0 aliphatic heterocycles. The molecule has 0 saturated carbocycles. The maximum absolute atomic E-state index is 13.2. The Hall–Kier alpha value is -1.98. The second-order valence-corrected chi connectivity index (χ2v) is 2.93. The number of aromatic hydroxyl groups is 1. The summed E-state index contributed by atoms with van der Waals surface area (Å²) in [4.78, 5) is 12.9. The summed E-state index contributed by atoms with van der Waals surface area (Å²) in [7, 11) is 0. The van der Waals surface area contributed by atoms with Crippen molar-refractivity contribution in [2.24, 2.45) is 0 Å². The third-order valence-electron chi connectivity index (χ3n) is 1.97. The molecule has 0 aliphatic rings. The van der Waals surface area contributed by atoms with Crippen LogP contribution < -0.4 is 5.56 Å². The first-order chi connectivity index (χ1) is 7.00. The molecule has 1 heterocycles. The van der Waals surface area contributed by atoms with Crippen molar-refractivity contribution < 1.29 is 18.3 Å². The van der Waals surface area contributed by atoms with Gasteiger partial charge in [0.05, 0.1) is 5.52 Å². The molecule has 0 bridgehead atoms. The third-order valence-corrected chi connectivity index (χ3v) is 1.97. The minimum absolute atomic E-state index is 0.214. The molecule has 78 valence electrons. The van der Waals surface area contributed by atoms with Crippen molar-refractivity contribution in [1.29, 1.82) is 0 Å². The lowest BCUT2D eigenvalue weighted by Gasteiger charge is -2.01. The molecule has 0 unspecified atom stereocenters. The molecule has 1 aromatic carbocycles. The van der Waals surface area contributed by atoms with Gasteiger partial charge < -0.3 is 10.1 Å². The molecule has 2 N–H and O–H groups in total. The van der Waals surface area contributed by atoms with Crippen LogP contribution in [-0.2, 0) is 0 Å². The van der Waals surface area contributed by atoms with Gasteiger partial charge in [-0.05, 0) is 6.07 Å². The van der Waals surface area contributed by atoms with Crippen molar-refractivity contribution in [2.75, 3.05) is 0 Å². The quantitative estimate of drug-likeness (QED) is 0.702. The van der Waals surface area contributed by atoms with Crippen LogP contribution in [0.1, 0.15) is 0 Å². The predicted molar refractivity (Wildman–Crippen MR) is 46.1 cm³/mol. The molecule has 1 aromatic heterocycles. The first kappa shape index (κ1) is 9.57. The molecule has 0 fully saturated rings. The van der Waals surface area contributed by atoms with Crippen LogP contribution in [0.25, 0.3) is 10.9 Å². The zero-order chi connectivity index (χ0) is 11.2. The smallest absolute Gasteiger partial charge is 0.293 e. The molecule has 0 radical (unpaired) electrons. The van der Waals surface area contributed by atoms with Crippen LogP contribution >= 0.6 is 0 Å². The number of pyridine rings is 1. The van der Waals surface area contributed by atoms with E-state index in [1.54, 1.807) is 0 Å². The molecule has 2 aromatic rings. The zero-order valence-electron chi connectivity index (χ0n) is 7.14. The largest absolute Gasteiger partial charge is 0.501 e. The number of rotatable bonds is 0. The van der Waals surface area contributed by atoms with Crippen LogP contribution in [0.3, 0.4) is 0 Å². The summed E-state index contributed by atoms with van der Waals surface area (Å²) in [6, 6.07) is 1.21. The van der Waals surface area contributed by atoms with E-state index >= 15 is 0 Å². The number of nitrogens with one attached hydrogen (secondary N) is 1. The van der Waals surface area contributed by atoms with Gasteiger partial charge in [0.25, 0.3) is 5.56 Å². The Bertz CT molecular complexity index is 606. The Morgan fingerprint density at radius 3 is 2.40 bits per heavy atom. The summed E-state index contributed by atoms with van der Waals surface area (Å²) in [6.45, 7) is 0. The number of H-pyrrole nitrogens is 1. The summed E-state index contributed by atoms with van der Waals surface area (Å²) >= 11 is 0. The highest BCUT2D eigenvalue weighted by Gasteiger charge is 2.14. The molecule has 0 saturated heterocycles. The van der Waals surface area contributed by atoms with Gasteiger partial charge in [-0.25, -0.2) is 13.2 Å². The van der Waals surface area contributed by atoms with Crippen molar-refractivity contribution in [3.63, 3.8) is 0 Å². The van der Waals surface area contributed by atoms with E-state index in [2.05, 4.69) is 0 Å². The van der Waals surface area contributed by atoms with Gasteiger partial charge in [-0.3, -0.25) is 4.79 Å². The first-order valence-corrected chi connectivity index (χ1v) is 3.90. The molecule has 0 aliphatic carbocycles. The molecule has 2 rings (SSSR count). The molecule has 3 nitrogen and oxygen atoms in total. The number of fused-ring (bicyclic) bond motifs is 1. The Morgan fingerprint density at radius 2 is 1.73 bits per heavy atom. The standard InChI is InChI=1S/C9H4F3NO2/c10-4-1-3-6(2-5(4)11)13-9(15)8(14)7(3)12/h1-2,14H,(H,13,15). The first-order valence-electron chi connectivity index (χ1n) is 3.90. The Labute approximate surface area is 80.8 Å². The van der Waals surface area contributed by atoms with Crippen molar-refractivity contribution in [3.05, 3.63) is 39.9 Å². The third kappa shape index (κ3) is 1.34. The lowest BCUT2D eigenvalue weighted by atomic mass is 10.2. The lowest BCUT2D eigenvalue weighted by Crippen LogP contribution is -2.08. The minimum atomic E-state index is -1.27. The van der Waals surface area contributed by atoms with E-state index in [1.165, 1.54) is 0 Å². The van der Waals surface area contributed by atoms with Gasteiger partial charge >= 0.3 is 0 Å². The second kappa shape index (κ2) is 3.01. The van der Waals surface area contributed by atoms with Gasteiger partial charge in [-0.15, -0.1) is 0 Å². The molecule has 6 heteroatoms. The van der Waals surface area contributed by atoms with E-state index in [1.807, 2.05) is 4.98 Å². The minimum Gasteiger partial charge on any atom is -0.501 e. The molecular weight excluding hydrogens is 211 g/mol. The number of aromatic amines is 1. The fourth-order valence-corrected chi connectivity index (χ4v) is 1.24. The molecule has 0 atom stereocenters. The van der Waals surface area contributed by atoms with Gasteiger partial charge in [-0.1, -0.05) is 0 Å². The topological polar surface area (TPSA) is 53.1 Å². The fraction of sp³-hybridized carbons (Fsp3) is 0. The number of halogens is 3. The van der Waals surface area contributed by atoms with Crippen LogP contribution in [0.2, 0.25) is 0 Å². The SMILES string of the molecule is O=c1[nH]c2cc(F)c(F)cc2c(F)c1O. The van der Waals surface area contributed by atoms with Crippen molar-refractivity contribution >= 4 is 10.9 Å². The molecule has 15 heavy (non-hydrogen) atoms. The van der Waals surface area contributed by atoms with Gasteiger partial charge in [0.2, 0.25) is 5.75 Å². The number of hydrogen-bond donors (Lipinski definition) is 2. The van der Waals surface area contributed by atoms with E-state index in [9.17, 15) is 18.0 Å². The summed E-state index contributed by atoms with van der Waals surface area (Å²) in [5.74, 6) is -4.88. The highest BCUT2D eigenvalue weighted by atomic mass is 19.2. The van der Waals surface area contributed by atoms with E-state index < -0.39 is 28.8 Å². The number of hydrogen-bond acceptors (Lipinski definition) is 2. The second-order valence-electron chi connectivity index (χ2n) is 2.93. The maximum atomic E-state index is 13.2. The van der Waals surface area contributed by atoms with E-state index in [0.717, 1.165) is 0 Å². The van der Waals surface area contributed by atoms with Crippen molar-refractivity contribution in [1.82, 2.24) is 4.98 Å². The van der Waals surface area contributed by atoms with Crippen LogP contribution in [-0.4, -0.2) is 10.1 Å². The summed E-state index contributed by atoms with van der Waals surface area (Å²) in [5.41, 5.74) is -1.31. The van der Waals surface area contributed by atoms with Gasteiger partial charge in [-0.2, -0.15) is 0 Å². The van der Waals surface area contributed by atoms with Crippen LogP contribution in [0.4, 0.5) is 13.2 Å². The summed E-state index contributed by atoms with van der Waals surface area (Å²) in [5, 5.41) is 8.55. The average Bonchev–Trinajstić information content (AvgIpc) is 2.19. The Kier molecular flexibility index (Phi) is 1.92. The number of benzene rings is 1. The molecule has 0 amide bonds. The Morgan fingerprint density at radius 1 is 1.13 bits per heavy atom. The average molecular weight is 215 g/mol.